The zero-order chi connectivity index (χ0) is 17.5. The Hall–Kier alpha value is -2.60. The van der Waals surface area contributed by atoms with Crippen LogP contribution in [0.3, 0.4) is 0 Å². The molecule has 3 aromatic rings. The van der Waals surface area contributed by atoms with E-state index in [0.717, 1.165) is 19.3 Å². The van der Waals surface area contributed by atoms with Crippen LogP contribution in [0, 0.1) is 0 Å². The van der Waals surface area contributed by atoms with E-state index in [0.29, 0.717) is 5.92 Å². The number of hydrogen-bond acceptors (Lipinski definition) is 0. The van der Waals surface area contributed by atoms with E-state index in [1.165, 1.54) is 27.8 Å². The van der Waals surface area contributed by atoms with Crippen LogP contribution in [0.5, 0.6) is 0 Å². The molecule has 0 bridgehead atoms. The average molecular weight is 326 g/mol. The second-order valence-corrected chi connectivity index (χ2v) is 6.66. The first kappa shape index (κ1) is 17.2. The van der Waals surface area contributed by atoms with Gasteiger partial charge in [-0.15, -0.1) is 0 Å². The second kappa shape index (κ2) is 8.48. The van der Waals surface area contributed by atoms with Crippen molar-refractivity contribution in [1.29, 1.82) is 0 Å². The van der Waals surface area contributed by atoms with E-state index in [-0.39, 0.29) is 0 Å². The Morgan fingerprint density at radius 1 is 0.760 bits per heavy atom. The highest BCUT2D eigenvalue weighted by molar-refractivity contribution is 5.35. The lowest BCUT2D eigenvalue weighted by Gasteiger charge is -2.21. The van der Waals surface area contributed by atoms with Gasteiger partial charge in [0.05, 0.1) is 0 Å². The molecule has 0 fully saturated rings. The van der Waals surface area contributed by atoms with E-state index in [9.17, 15) is 0 Å². The summed E-state index contributed by atoms with van der Waals surface area (Å²) in [4.78, 5) is 0. The zero-order valence-electron chi connectivity index (χ0n) is 15.0. The Morgan fingerprint density at radius 3 is 2.04 bits per heavy atom. The fourth-order valence-electron chi connectivity index (χ4n) is 3.38. The van der Waals surface area contributed by atoms with Crippen LogP contribution in [-0.2, 0) is 19.3 Å². The van der Waals surface area contributed by atoms with Crippen molar-refractivity contribution in [3.8, 4) is 0 Å². The van der Waals surface area contributed by atoms with Gasteiger partial charge in [-0.3, -0.25) is 0 Å². The summed E-state index contributed by atoms with van der Waals surface area (Å²) in [6.45, 7) is 6.68. The number of hydrogen-bond donors (Lipinski definition) is 0. The molecule has 0 radical (unpaired) electrons. The summed E-state index contributed by atoms with van der Waals surface area (Å²) in [5, 5.41) is 0. The van der Waals surface area contributed by atoms with Crippen molar-refractivity contribution in [2.24, 2.45) is 0 Å². The predicted octanol–water partition coefficient (Wildman–Crippen LogP) is 6.37. The van der Waals surface area contributed by atoms with Crippen LogP contribution in [-0.4, -0.2) is 0 Å². The van der Waals surface area contributed by atoms with E-state index < -0.39 is 0 Å². The Balaban J connectivity index is 1.84. The molecule has 0 aliphatic carbocycles. The molecule has 0 aliphatic rings. The van der Waals surface area contributed by atoms with E-state index in [1.807, 2.05) is 0 Å². The molecule has 1 unspecified atom stereocenters. The Morgan fingerprint density at radius 2 is 1.36 bits per heavy atom. The van der Waals surface area contributed by atoms with Crippen molar-refractivity contribution in [2.75, 3.05) is 0 Å². The smallest absolute Gasteiger partial charge is 0.00891 e. The SMILES string of the molecule is C=C(Cc1cccc(CC)c1)C(Cc1ccccc1)c1ccccc1. The minimum atomic E-state index is 0.342. The molecule has 0 amide bonds. The minimum Gasteiger partial charge on any atom is -0.0989 e. The van der Waals surface area contributed by atoms with Gasteiger partial charge in [-0.05, 0) is 41.5 Å². The first-order valence-electron chi connectivity index (χ1n) is 9.10. The van der Waals surface area contributed by atoms with E-state index in [4.69, 9.17) is 0 Å². The van der Waals surface area contributed by atoms with Gasteiger partial charge < -0.3 is 0 Å². The van der Waals surface area contributed by atoms with Crippen LogP contribution in [0.1, 0.15) is 35.1 Å². The third-order valence-electron chi connectivity index (χ3n) is 4.81. The van der Waals surface area contributed by atoms with Crippen molar-refractivity contribution in [2.45, 2.75) is 32.1 Å². The van der Waals surface area contributed by atoms with Crippen LogP contribution in [0.25, 0.3) is 0 Å². The zero-order valence-corrected chi connectivity index (χ0v) is 15.0. The molecule has 0 aromatic heterocycles. The van der Waals surface area contributed by atoms with Gasteiger partial charge in [-0.25, -0.2) is 0 Å². The number of rotatable bonds is 7. The summed E-state index contributed by atoms with van der Waals surface area (Å²) in [5.41, 5.74) is 6.74. The highest BCUT2D eigenvalue weighted by Gasteiger charge is 2.16. The molecular formula is C25H26. The van der Waals surface area contributed by atoms with Gasteiger partial charge in [0.2, 0.25) is 0 Å². The van der Waals surface area contributed by atoms with Gasteiger partial charge in [0.1, 0.15) is 0 Å². The summed E-state index contributed by atoms with van der Waals surface area (Å²) in [6.07, 6.45) is 3.00. The molecule has 25 heavy (non-hydrogen) atoms. The maximum atomic E-state index is 4.48. The van der Waals surface area contributed by atoms with Crippen LogP contribution in [0.2, 0.25) is 0 Å². The Labute approximate surface area is 151 Å². The monoisotopic (exact) mass is 326 g/mol. The molecule has 3 aromatic carbocycles. The number of benzene rings is 3. The molecule has 0 nitrogen and oxygen atoms in total. The van der Waals surface area contributed by atoms with Gasteiger partial charge in [-0.1, -0.05) is 104 Å². The number of aryl methyl sites for hydroxylation is 1. The molecule has 0 aliphatic heterocycles. The summed E-state index contributed by atoms with van der Waals surface area (Å²) in [6, 6.07) is 30.4. The topological polar surface area (TPSA) is 0 Å². The first-order valence-corrected chi connectivity index (χ1v) is 9.10. The summed E-state index contributed by atoms with van der Waals surface area (Å²) >= 11 is 0. The van der Waals surface area contributed by atoms with Gasteiger partial charge in [0.15, 0.2) is 0 Å². The quantitative estimate of drug-likeness (QED) is 0.442. The molecule has 0 saturated heterocycles. The second-order valence-electron chi connectivity index (χ2n) is 6.66. The third-order valence-corrected chi connectivity index (χ3v) is 4.81. The normalized spacial score (nSPS) is 11.9. The van der Waals surface area contributed by atoms with Crippen molar-refractivity contribution in [3.05, 3.63) is 119 Å². The fraction of sp³-hybridized carbons (Fsp3) is 0.200. The average Bonchev–Trinajstić information content (AvgIpc) is 2.67. The predicted molar refractivity (Wildman–Crippen MR) is 108 cm³/mol. The van der Waals surface area contributed by atoms with Crippen LogP contribution in [0.4, 0.5) is 0 Å². The van der Waals surface area contributed by atoms with Crippen molar-refractivity contribution < 1.29 is 0 Å². The lowest BCUT2D eigenvalue weighted by molar-refractivity contribution is 0.764. The summed E-state index contributed by atoms with van der Waals surface area (Å²) < 4.78 is 0. The minimum absolute atomic E-state index is 0.342. The molecule has 1 atom stereocenters. The molecule has 0 N–H and O–H groups in total. The first-order chi connectivity index (χ1) is 12.3. The third kappa shape index (κ3) is 4.70. The maximum absolute atomic E-state index is 4.48. The van der Waals surface area contributed by atoms with Gasteiger partial charge in [-0.2, -0.15) is 0 Å². The highest BCUT2D eigenvalue weighted by atomic mass is 14.2. The standard InChI is InChI=1S/C25H26/c1-3-21-13-10-14-23(18-21)17-20(2)25(24-15-8-5-9-16-24)19-22-11-6-4-7-12-22/h4-16,18,25H,2-3,17,19H2,1H3. The number of allylic oxidation sites excluding steroid dienone is 1. The van der Waals surface area contributed by atoms with E-state index in [2.05, 4.69) is 98.4 Å². The van der Waals surface area contributed by atoms with Gasteiger partial charge in [0.25, 0.3) is 0 Å². The largest absolute Gasteiger partial charge is 0.0989 e. The maximum Gasteiger partial charge on any atom is 0.00891 e. The van der Waals surface area contributed by atoms with E-state index in [1.54, 1.807) is 0 Å². The fourth-order valence-corrected chi connectivity index (χ4v) is 3.38. The highest BCUT2D eigenvalue weighted by Crippen LogP contribution is 2.30. The van der Waals surface area contributed by atoms with Crippen LogP contribution in [0.15, 0.2) is 97.1 Å². The van der Waals surface area contributed by atoms with Crippen LogP contribution >= 0.6 is 0 Å². The molecular weight excluding hydrogens is 300 g/mol. The Kier molecular flexibility index (Phi) is 5.85. The lowest BCUT2D eigenvalue weighted by atomic mass is 9.83. The lowest BCUT2D eigenvalue weighted by Crippen LogP contribution is -2.08. The summed E-state index contributed by atoms with van der Waals surface area (Å²) in [5.74, 6) is 0.342. The summed E-state index contributed by atoms with van der Waals surface area (Å²) in [7, 11) is 0. The molecule has 0 saturated carbocycles. The molecule has 3 rings (SSSR count). The van der Waals surface area contributed by atoms with Gasteiger partial charge in [0, 0.05) is 5.92 Å². The van der Waals surface area contributed by atoms with E-state index >= 15 is 0 Å². The molecule has 126 valence electrons. The molecule has 0 heterocycles. The Bertz CT molecular complexity index is 800. The van der Waals surface area contributed by atoms with Gasteiger partial charge >= 0.3 is 0 Å². The van der Waals surface area contributed by atoms with Crippen molar-refractivity contribution in [3.63, 3.8) is 0 Å². The van der Waals surface area contributed by atoms with Crippen LogP contribution < -0.4 is 0 Å². The van der Waals surface area contributed by atoms with Crippen molar-refractivity contribution >= 4 is 0 Å². The molecule has 0 spiro atoms. The molecule has 0 heteroatoms. The van der Waals surface area contributed by atoms with Crippen molar-refractivity contribution in [1.82, 2.24) is 0 Å².